The quantitative estimate of drug-likeness (QED) is 0.870. The number of anilines is 1. The molecule has 6 nitrogen and oxygen atoms in total. The van der Waals surface area contributed by atoms with Crippen LogP contribution in [0.5, 0.6) is 5.88 Å². The smallest absolute Gasteiger partial charge is 0.225 e. The second-order valence-corrected chi connectivity index (χ2v) is 8.38. The van der Waals surface area contributed by atoms with Gasteiger partial charge in [0.2, 0.25) is 11.8 Å². The highest BCUT2D eigenvalue weighted by atomic mass is 16.5. The molecule has 1 unspecified atom stereocenters. The SMILES string of the molecule is CCOc1cc(NC2CCN(C(=O)C3CCCC(C)(C)C3)CC2)ncn1. The van der Waals surface area contributed by atoms with Crippen LogP contribution in [0.25, 0.3) is 0 Å². The minimum Gasteiger partial charge on any atom is -0.478 e. The molecular weight excluding hydrogens is 328 g/mol. The van der Waals surface area contributed by atoms with Gasteiger partial charge in [0.15, 0.2) is 0 Å². The van der Waals surface area contributed by atoms with Crippen LogP contribution in [0.15, 0.2) is 12.4 Å². The van der Waals surface area contributed by atoms with Gasteiger partial charge in [-0.1, -0.05) is 20.3 Å². The number of carbonyl (C=O) groups excluding carboxylic acids is 1. The van der Waals surface area contributed by atoms with Gasteiger partial charge in [0.1, 0.15) is 12.1 Å². The highest BCUT2D eigenvalue weighted by Crippen LogP contribution is 2.39. The summed E-state index contributed by atoms with van der Waals surface area (Å²) in [7, 11) is 0. The second-order valence-electron chi connectivity index (χ2n) is 8.38. The van der Waals surface area contributed by atoms with E-state index < -0.39 is 0 Å². The first-order valence-electron chi connectivity index (χ1n) is 9.97. The Bertz CT molecular complexity index is 612. The number of nitrogens with zero attached hydrogens (tertiary/aromatic N) is 3. The molecule has 2 fully saturated rings. The first-order valence-corrected chi connectivity index (χ1v) is 9.97. The minimum atomic E-state index is 0.221. The van der Waals surface area contributed by atoms with Gasteiger partial charge in [0, 0.05) is 31.1 Å². The molecule has 1 atom stereocenters. The number of hydrogen-bond acceptors (Lipinski definition) is 5. The predicted octanol–water partition coefficient (Wildman–Crippen LogP) is 3.49. The van der Waals surface area contributed by atoms with E-state index in [4.69, 9.17) is 4.74 Å². The van der Waals surface area contributed by atoms with E-state index in [1.807, 2.05) is 13.0 Å². The van der Waals surface area contributed by atoms with Crippen LogP contribution < -0.4 is 10.1 Å². The van der Waals surface area contributed by atoms with Crippen molar-refractivity contribution in [2.24, 2.45) is 11.3 Å². The second kappa shape index (κ2) is 8.23. The Morgan fingerprint density at radius 3 is 2.77 bits per heavy atom. The normalized spacial score (nSPS) is 23.5. The van der Waals surface area contributed by atoms with Crippen molar-refractivity contribution < 1.29 is 9.53 Å². The number of nitrogens with one attached hydrogen (secondary N) is 1. The molecule has 1 aromatic heterocycles. The van der Waals surface area contributed by atoms with Crippen LogP contribution in [0.2, 0.25) is 0 Å². The molecule has 3 rings (SSSR count). The van der Waals surface area contributed by atoms with Gasteiger partial charge in [-0.3, -0.25) is 4.79 Å². The van der Waals surface area contributed by atoms with Crippen LogP contribution in [0.3, 0.4) is 0 Å². The van der Waals surface area contributed by atoms with Crippen LogP contribution in [0, 0.1) is 11.3 Å². The van der Waals surface area contributed by atoms with E-state index in [-0.39, 0.29) is 5.92 Å². The van der Waals surface area contributed by atoms with Crippen molar-refractivity contribution in [1.29, 1.82) is 0 Å². The maximum Gasteiger partial charge on any atom is 0.225 e. The maximum atomic E-state index is 12.9. The van der Waals surface area contributed by atoms with Crippen molar-refractivity contribution in [3.05, 3.63) is 12.4 Å². The Hall–Kier alpha value is -1.85. The molecule has 1 aromatic rings. The molecule has 1 saturated heterocycles. The molecule has 1 aliphatic carbocycles. The fourth-order valence-corrected chi connectivity index (χ4v) is 4.27. The van der Waals surface area contributed by atoms with E-state index in [1.54, 1.807) is 0 Å². The topological polar surface area (TPSA) is 67.3 Å². The summed E-state index contributed by atoms with van der Waals surface area (Å²) in [6, 6.07) is 2.18. The molecule has 26 heavy (non-hydrogen) atoms. The number of hydrogen-bond donors (Lipinski definition) is 1. The largest absolute Gasteiger partial charge is 0.478 e. The van der Waals surface area contributed by atoms with Crippen LogP contribution in [0.4, 0.5) is 5.82 Å². The van der Waals surface area contributed by atoms with Crippen LogP contribution in [0.1, 0.15) is 59.3 Å². The Labute approximate surface area is 156 Å². The van der Waals surface area contributed by atoms with Gasteiger partial charge < -0.3 is 15.0 Å². The van der Waals surface area contributed by atoms with Crippen LogP contribution in [-0.2, 0) is 4.79 Å². The molecule has 0 aromatic carbocycles. The maximum absolute atomic E-state index is 12.9. The zero-order valence-electron chi connectivity index (χ0n) is 16.3. The molecule has 1 N–H and O–H groups in total. The first-order chi connectivity index (χ1) is 12.5. The molecule has 0 spiro atoms. The number of aromatic nitrogens is 2. The van der Waals surface area contributed by atoms with E-state index in [9.17, 15) is 4.79 Å². The Morgan fingerprint density at radius 2 is 2.08 bits per heavy atom. The van der Waals surface area contributed by atoms with Gasteiger partial charge in [-0.25, -0.2) is 9.97 Å². The highest BCUT2D eigenvalue weighted by molar-refractivity contribution is 5.79. The number of amides is 1. The average molecular weight is 361 g/mol. The molecule has 6 heteroatoms. The fraction of sp³-hybridized carbons (Fsp3) is 0.750. The monoisotopic (exact) mass is 360 g/mol. The summed E-state index contributed by atoms with van der Waals surface area (Å²) in [4.78, 5) is 23.3. The Morgan fingerprint density at radius 1 is 1.31 bits per heavy atom. The molecule has 2 heterocycles. The van der Waals surface area contributed by atoms with Gasteiger partial charge in [-0.2, -0.15) is 0 Å². The van der Waals surface area contributed by atoms with Crippen LogP contribution >= 0.6 is 0 Å². The van der Waals surface area contributed by atoms with Gasteiger partial charge in [0.05, 0.1) is 6.61 Å². The van der Waals surface area contributed by atoms with Crippen molar-refractivity contribution >= 4 is 11.7 Å². The Kier molecular flexibility index (Phi) is 5.99. The van der Waals surface area contributed by atoms with Crippen molar-refractivity contribution in [3.8, 4) is 5.88 Å². The van der Waals surface area contributed by atoms with Crippen molar-refractivity contribution in [2.45, 2.75) is 65.3 Å². The number of piperidine rings is 1. The third-order valence-electron chi connectivity index (χ3n) is 5.65. The molecule has 1 aliphatic heterocycles. The zero-order chi connectivity index (χ0) is 18.6. The summed E-state index contributed by atoms with van der Waals surface area (Å²) in [5.41, 5.74) is 0.309. The summed E-state index contributed by atoms with van der Waals surface area (Å²) >= 11 is 0. The van der Waals surface area contributed by atoms with Gasteiger partial charge in [-0.05, 0) is 44.4 Å². The number of ether oxygens (including phenoxy) is 1. The molecule has 144 valence electrons. The van der Waals surface area contributed by atoms with Gasteiger partial charge in [-0.15, -0.1) is 0 Å². The highest BCUT2D eigenvalue weighted by Gasteiger charge is 2.35. The molecule has 1 saturated carbocycles. The third-order valence-corrected chi connectivity index (χ3v) is 5.65. The van der Waals surface area contributed by atoms with E-state index in [0.717, 1.165) is 44.6 Å². The number of likely N-dealkylation sites (tertiary alicyclic amines) is 1. The molecule has 2 aliphatic rings. The molecule has 1 amide bonds. The van der Waals surface area contributed by atoms with E-state index in [2.05, 4.69) is 34.0 Å². The summed E-state index contributed by atoms with van der Waals surface area (Å²) in [6.45, 7) is 8.78. The Balaban J connectivity index is 1.49. The van der Waals surface area contributed by atoms with E-state index in [0.29, 0.717) is 29.9 Å². The van der Waals surface area contributed by atoms with E-state index >= 15 is 0 Å². The fourth-order valence-electron chi connectivity index (χ4n) is 4.27. The summed E-state index contributed by atoms with van der Waals surface area (Å²) in [5.74, 6) is 1.98. The lowest BCUT2D eigenvalue weighted by Gasteiger charge is -2.39. The average Bonchev–Trinajstić information content (AvgIpc) is 2.61. The van der Waals surface area contributed by atoms with Crippen molar-refractivity contribution in [2.75, 3.05) is 25.0 Å². The lowest BCUT2D eigenvalue weighted by molar-refractivity contribution is -0.138. The standard InChI is InChI=1S/C20H32N4O2/c1-4-26-18-12-17(21-14-22-18)23-16-7-10-24(11-8-16)19(25)15-6-5-9-20(2,3)13-15/h12,14-16H,4-11,13H2,1-3H3,(H,21,22,23). The van der Waals surface area contributed by atoms with E-state index in [1.165, 1.54) is 19.2 Å². The lowest BCUT2D eigenvalue weighted by atomic mass is 9.72. The molecular formula is C20H32N4O2. The third kappa shape index (κ3) is 4.86. The summed E-state index contributed by atoms with van der Waals surface area (Å²) in [6.07, 6.45) is 7.94. The summed E-state index contributed by atoms with van der Waals surface area (Å²) < 4.78 is 5.42. The minimum absolute atomic E-state index is 0.221. The van der Waals surface area contributed by atoms with Crippen molar-refractivity contribution in [3.63, 3.8) is 0 Å². The first kappa shape index (κ1) is 18.9. The number of carbonyl (C=O) groups is 1. The number of rotatable bonds is 5. The molecule has 0 bridgehead atoms. The predicted molar refractivity (Wildman–Crippen MR) is 102 cm³/mol. The summed E-state index contributed by atoms with van der Waals surface area (Å²) in [5, 5.41) is 3.46. The van der Waals surface area contributed by atoms with Crippen LogP contribution in [-0.4, -0.2) is 46.5 Å². The van der Waals surface area contributed by atoms with Gasteiger partial charge in [0.25, 0.3) is 0 Å². The van der Waals surface area contributed by atoms with Crippen molar-refractivity contribution in [1.82, 2.24) is 14.9 Å². The lowest BCUT2D eigenvalue weighted by Crippen LogP contribution is -2.46. The zero-order valence-corrected chi connectivity index (χ0v) is 16.3. The molecule has 0 radical (unpaired) electrons. The van der Waals surface area contributed by atoms with Gasteiger partial charge >= 0.3 is 0 Å².